The maximum Gasteiger partial charge on any atom is 0.191 e. The number of aromatic nitrogens is 1. The monoisotopic (exact) mass is 364 g/mol. The van der Waals surface area contributed by atoms with Crippen LogP contribution in [-0.4, -0.2) is 24.0 Å². The molecule has 2 heterocycles. The number of aliphatic imine (C=N–C) groups is 1. The number of thiophene rings is 1. The highest BCUT2D eigenvalue weighted by atomic mass is 32.1. The molecule has 0 aliphatic heterocycles. The van der Waals surface area contributed by atoms with Crippen molar-refractivity contribution in [3.63, 3.8) is 0 Å². The van der Waals surface area contributed by atoms with Crippen LogP contribution < -0.4 is 10.6 Å². The van der Waals surface area contributed by atoms with Crippen molar-refractivity contribution in [1.82, 2.24) is 15.6 Å². The topological polar surface area (TPSA) is 49.3 Å². The molecule has 2 aromatic heterocycles. The lowest BCUT2D eigenvalue weighted by Gasteiger charge is -2.17. The quantitative estimate of drug-likeness (QED) is 0.620. The standard InChI is InChI=1S/C18H28N4S2/c1-12(9-15-8-7-13(2)24-15)21-17(19-6)20-10-14-11-23-16(22-14)18(3,4)5/h7-8,11-12H,9-10H2,1-6H3,(H2,19,20,21). The first-order valence-corrected chi connectivity index (χ1v) is 9.95. The molecule has 0 aliphatic rings. The highest BCUT2D eigenvalue weighted by Gasteiger charge is 2.18. The summed E-state index contributed by atoms with van der Waals surface area (Å²) in [6, 6.07) is 4.71. The van der Waals surface area contributed by atoms with Crippen LogP contribution in [0.3, 0.4) is 0 Å². The van der Waals surface area contributed by atoms with Gasteiger partial charge in [0.05, 0.1) is 17.2 Å². The van der Waals surface area contributed by atoms with Gasteiger partial charge in [0.2, 0.25) is 0 Å². The third kappa shape index (κ3) is 5.60. The predicted octanol–water partition coefficient (Wildman–Crippen LogP) is 4.11. The van der Waals surface area contributed by atoms with Gasteiger partial charge in [-0.2, -0.15) is 0 Å². The van der Waals surface area contributed by atoms with Crippen LogP contribution in [0, 0.1) is 6.92 Å². The Morgan fingerprint density at radius 2 is 2.08 bits per heavy atom. The van der Waals surface area contributed by atoms with E-state index in [1.54, 1.807) is 18.4 Å². The Kier molecular flexibility index (Phi) is 6.40. The van der Waals surface area contributed by atoms with Gasteiger partial charge in [-0.1, -0.05) is 20.8 Å². The molecular formula is C18H28N4S2. The van der Waals surface area contributed by atoms with Crippen LogP contribution in [0.5, 0.6) is 0 Å². The molecule has 0 saturated carbocycles. The Hall–Kier alpha value is -1.40. The molecule has 0 fully saturated rings. The smallest absolute Gasteiger partial charge is 0.191 e. The van der Waals surface area contributed by atoms with E-state index in [9.17, 15) is 0 Å². The Morgan fingerprint density at radius 1 is 1.33 bits per heavy atom. The number of nitrogens with one attached hydrogen (secondary N) is 2. The van der Waals surface area contributed by atoms with Gasteiger partial charge in [0, 0.05) is 40.1 Å². The summed E-state index contributed by atoms with van der Waals surface area (Å²) in [5.74, 6) is 0.820. The molecule has 0 spiro atoms. The van der Waals surface area contributed by atoms with Crippen molar-refractivity contribution in [2.24, 2.45) is 4.99 Å². The Bertz CT molecular complexity index is 679. The molecule has 1 unspecified atom stereocenters. The van der Waals surface area contributed by atoms with E-state index >= 15 is 0 Å². The van der Waals surface area contributed by atoms with Gasteiger partial charge < -0.3 is 10.6 Å². The van der Waals surface area contributed by atoms with Gasteiger partial charge in [0.25, 0.3) is 0 Å². The van der Waals surface area contributed by atoms with Crippen LogP contribution in [0.25, 0.3) is 0 Å². The minimum absolute atomic E-state index is 0.107. The largest absolute Gasteiger partial charge is 0.354 e. The van der Waals surface area contributed by atoms with Gasteiger partial charge in [0.15, 0.2) is 5.96 Å². The van der Waals surface area contributed by atoms with Crippen LogP contribution in [0.15, 0.2) is 22.5 Å². The maximum atomic E-state index is 4.71. The number of thiazole rings is 1. The van der Waals surface area contributed by atoms with Crippen LogP contribution in [0.4, 0.5) is 0 Å². The molecule has 0 bridgehead atoms. The highest BCUT2D eigenvalue weighted by molar-refractivity contribution is 7.11. The molecule has 2 N–H and O–H groups in total. The van der Waals surface area contributed by atoms with Crippen molar-refractivity contribution in [2.75, 3.05) is 7.05 Å². The van der Waals surface area contributed by atoms with E-state index < -0.39 is 0 Å². The molecule has 132 valence electrons. The second-order valence-corrected chi connectivity index (χ2v) is 9.31. The molecule has 2 rings (SSSR count). The van der Waals surface area contributed by atoms with Crippen molar-refractivity contribution in [2.45, 2.75) is 59.0 Å². The summed E-state index contributed by atoms with van der Waals surface area (Å²) in [5.41, 5.74) is 1.17. The minimum atomic E-state index is 0.107. The lowest BCUT2D eigenvalue weighted by Crippen LogP contribution is -2.42. The SMILES string of the molecule is CN=C(NCc1csc(C(C)(C)C)n1)NC(C)Cc1ccc(C)s1. The molecule has 2 aromatic rings. The Labute approximate surface area is 153 Å². The lowest BCUT2D eigenvalue weighted by molar-refractivity contribution is 0.582. The Balaban J connectivity index is 1.85. The fourth-order valence-corrected chi connectivity index (χ4v) is 4.21. The minimum Gasteiger partial charge on any atom is -0.354 e. The second kappa shape index (κ2) is 8.12. The zero-order valence-corrected chi connectivity index (χ0v) is 17.1. The first-order valence-electron chi connectivity index (χ1n) is 8.25. The molecule has 0 aromatic carbocycles. The average Bonchev–Trinajstić information content (AvgIpc) is 3.12. The number of hydrogen-bond donors (Lipinski definition) is 2. The van der Waals surface area contributed by atoms with E-state index in [0.717, 1.165) is 18.1 Å². The van der Waals surface area contributed by atoms with Gasteiger partial charge >= 0.3 is 0 Å². The fourth-order valence-electron chi connectivity index (χ4n) is 2.28. The summed E-state index contributed by atoms with van der Waals surface area (Å²) in [6.07, 6.45) is 1.00. The van der Waals surface area contributed by atoms with E-state index in [1.165, 1.54) is 14.8 Å². The third-order valence-corrected chi connectivity index (χ3v) is 5.88. The summed E-state index contributed by atoms with van der Waals surface area (Å²) >= 11 is 3.58. The third-order valence-electron chi connectivity index (χ3n) is 3.54. The zero-order chi connectivity index (χ0) is 17.7. The van der Waals surface area contributed by atoms with Crippen molar-refractivity contribution >= 4 is 28.6 Å². The van der Waals surface area contributed by atoms with Crippen molar-refractivity contribution in [3.05, 3.63) is 38.0 Å². The van der Waals surface area contributed by atoms with E-state index in [0.29, 0.717) is 12.6 Å². The van der Waals surface area contributed by atoms with Crippen molar-refractivity contribution < 1.29 is 0 Å². The van der Waals surface area contributed by atoms with Gasteiger partial charge in [-0.05, 0) is 26.0 Å². The predicted molar refractivity (Wildman–Crippen MR) is 106 cm³/mol. The fraction of sp³-hybridized carbons (Fsp3) is 0.556. The Morgan fingerprint density at radius 3 is 2.62 bits per heavy atom. The van der Waals surface area contributed by atoms with Gasteiger partial charge in [-0.15, -0.1) is 22.7 Å². The maximum absolute atomic E-state index is 4.71. The van der Waals surface area contributed by atoms with Gasteiger partial charge in [0.1, 0.15) is 0 Å². The number of guanidine groups is 1. The second-order valence-electron chi connectivity index (χ2n) is 7.08. The van der Waals surface area contributed by atoms with Crippen LogP contribution in [-0.2, 0) is 18.4 Å². The summed E-state index contributed by atoms with van der Waals surface area (Å²) in [4.78, 5) is 11.8. The molecule has 0 radical (unpaired) electrons. The van der Waals surface area contributed by atoms with Gasteiger partial charge in [-0.25, -0.2) is 4.98 Å². The zero-order valence-electron chi connectivity index (χ0n) is 15.4. The molecule has 6 heteroatoms. The number of rotatable bonds is 5. The molecule has 0 saturated heterocycles. The molecule has 1 atom stereocenters. The van der Waals surface area contributed by atoms with Crippen LogP contribution in [0.2, 0.25) is 0 Å². The lowest BCUT2D eigenvalue weighted by atomic mass is 9.98. The average molecular weight is 365 g/mol. The summed E-state index contributed by atoms with van der Waals surface area (Å²) in [6.45, 7) is 11.6. The van der Waals surface area contributed by atoms with Crippen LogP contribution >= 0.6 is 22.7 Å². The molecule has 4 nitrogen and oxygen atoms in total. The number of nitrogens with zero attached hydrogens (tertiary/aromatic N) is 2. The molecule has 0 amide bonds. The van der Waals surface area contributed by atoms with E-state index in [1.807, 2.05) is 11.3 Å². The summed E-state index contributed by atoms with van der Waals surface area (Å²) < 4.78 is 0. The van der Waals surface area contributed by atoms with Crippen molar-refractivity contribution in [1.29, 1.82) is 0 Å². The number of aryl methyl sites for hydroxylation is 1. The van der Waals surface area contributed by atoms with Crippen molar-refractivity contribution in [3.8, 4) is 0 Å². The van der Waals surface area contributed by atoms with E-state index in [-0.39, 0.29) is 5.41 Å². The summed E-state index contributed by atoms with van der Waals surface area (Å²) in [7, 11) is 1.80. The number of hydrogen-bond acceptors (Lipinski definition) is 4. The summed E-state index contributed by atoms with van der Waals surface area (Å²) in [5, 5.41) is 10.1. The first-order chi connectivity index (χ1) is 11.3. The first kappa shape index (κ1) is 18.9. The highest BCUT2D eigenvalue weighted by Crippen LogP contribution is 2.25. The van der Waals surface area contributed by atoms with Crippen LogP contribution in [0.1, 0.15) is 48.2 Å². The van der Waals surface area contributed by atoms with Gasteiger partial charge in [-0.3, -0.25) is 4.99 Å². The molecular weight excluding hydrogens is 336 g/mol. The normalized spacial score (nSPS) is 13.8. The molecule has 0 aliphatic carbocycles. The molecule has 24 heavy (non-hydrogen) atoms. The van der Waals surface area contributed by atoms with E-state index in [4.69, 9.17) is 4.98 Å². The van der Waals surface area contributed by atoms with E-state index in [2.05, 4.69) is 67.8 Å².